The minimum absolute atomic E-state index is 0.0735. The second kappa shape index (κ2) is 11.1. The van der Waals surface area contributed by atoms with Crippen molar-refractivity contribution in [2.24, 2.45) is 5.92 Å². The monoisotopic (exact) mass is 744 g/mol. The molecule has 0 bridgehead atoms. The Labute approximate surface area is 239 Å². The van der Waals surface area contributed by atoms with Gasteiger partial charge in [0.05, 0.1) is 44.0 Å². The number of imide groups is 1. The van der Waals surface area contributed by atoms with E-state index in [0.717, 1.165) is 23.0 Å². The van der Waals surface area contributed by atoms with E-state index >= 15 is 0 Å². The van der Waals surface area contributed by atoms with E-state index in [2.05, 4.69) is 27.9 Å². The van der Waals surface area contributed by atoms with Gasteiger partial charge in [-0.3, -0.25) is 9.59 Å². The fourth-order valence-corrected chi connectivity index (χ4v) is 5.89. The molecule has 1 saturated carbocycles. The third-order valence-electron chi connectivity index (χ3n) is 6.85. The van der Waals surface area contributed by atoms with Crippen LogP contribution in [0, 0.1) is 9.49 Å². The van der Waals surface area contributed by atoms with E-state index in [0.29, 0.717) is 31.4 Å². The summed E-state index contributed by atoms with van der Waals surface area (Å²) in [5, 5.41) is 4.84. The molecule has 2 aromatic rings. The molecule has 3 aliphatic rings. The van der Waals surface area contributed by atoms with Crippen molar-refractivity contribution in [2.75, 3.05) is 6.61 Å². The van der Waals surface area contributed by atoms with Crippen molar-refractivity contribution in [2.45, 2.75) is 63.3 Å². The molecule has 200 valence electrons. The number of amides is 3. The number of nitrogens with one attached hydrogen (secondary N) is 1. The summed E-state index contributed by atoms with van der Waals surface area (Å²) >= 11 is 3.94. The number of benzene rings is 2. The molecule has 5 rings (SSSR count). The van der Waals surface area contributed by atoms with Gasteiger partial charge in [-0.25, -0.2) is 7.91 Å². The summed E-state index contributed by atoms with van der Waals surface area (Å²) < 4.78 is 51.7. The van der Waals surface area contributed by atoms with Crippen LogP contribution in [0.5, 0.6) is 5.75 Å². The Morgan fingerprint density at radius 1 is 1.05 bits per heavy atom. The molecule has 7 nitrogen and oxygen atoms in total. The number of alkyl halides is 3. The molecule has 1 N–H and O–H groups in total. The average Bonchev–Trinajstić information content (AvgIpc) is 3.36. The van der Waals surface area contributed by atoms with Gasteiger partial charge in [-0.2, -0.15) is 13.2 Å². The van der Waals surface area contributed by atoms with Gasteiger partial charge in [-0.1, -0.05) is 18.2 Å². The van der Waals surface area contributed by atoms with Crippen LogP contribution in [-0.4, -0.2) is 39.9 Å². The van der Waals surface area contributed by atoms with E-state index in [-0.39, 0.29) is 37.4 Å². The van der Waals surface area contributed by atoms with Crippen LogP contribution in [0.2, 0.25) is 0 Å². The Morgan fingerprint density at radius 2 is 1.70 bits per heavy atom. The van der Waals surface area contributed by atoms with Gasteiger partial charge in [0, 0.05) is 12.8 Å². The maximum absolute atomic E-state index is 12.9. The highest BCUT2D eigenvalue weighted by Gasteiger charge is 2.42. The molecule has 37 heavy (non-hydrogen) atoms. The van der Waals surface area contributed by atoms with E-state index in [1.165, 1.54) is 0 Å². The van der Waals surface area contributed by atoms with Crippen LogP contribution >= 0.6 is 45.5 Å². The first-order valence-electron chi connectivity index (χ1n) is 11.8. The molecule has 3 fully saturated rings. The first kappa shape index (κ1) is 28.2. The summed E-state index contributed by atoms with van der Waals surface area (Å²) in [5.74, 6) is -0.658. The number of fused-ring (bicyclic) bond motifs is 1. The maximum Gasteiger partial charge on any atom is 0.408 e. The topological polar surface area (TPSA) is 84.9 Å². The number of hydrogen-bond acceptors (Lipinski definition) is 5. The molecule has 0 radical (unpaired) electrons. The minimum atomic E-state index is -4.11. The Hall–Kier alpha value is -1.84. The largest absolute Gasteiger partial charge is 0.489 e. The van der Waals surface area contributed by atoms with Crippen LogP contribution in [0.25, 0.3) is 10.8 Å². The van der Waals surface area contributed by atoms with Gasteiger partial charge in [0.2, 0.25) is 11.8 Å². The number of carbonyl (C=O) groups is 3. The second-order valence-electron chi connectivity index (χ2n) is 9.55. The molecule has 2 saturated heterocycles. The predicted molar refractivity (Wildman–Crippen MR) is 146 cm³/mol. The molecule has 3 amide bonds. The molecule has 1 atom stereocenters. The van der Waals surface area contributed by atoms with Crippen molar-refractivity contribution >= 4 is 74.1 Å². The third kappa shape index (κ3) is 6.42. The van der Waals surface area contributed by atoms with Gasteiger partial charge in [0.15, 0.2) is 0 Å². The zero-order valence-corrected chi connectivity index (χ0v) is 24.2. The predicted octanol–water partition coefficient (Wildman–Crippen LogP) is 6.38. The molecule has 1 unspecified atom stereocenters. The third-order valence-corrected chi connectivity index (χ3v) is 9.04. The number of ether oxygens (including phenoxy) is 2. The molecular weight excluding hydrogens is 719 g/mol. The SMILES string of the molecule is CC1(c2ccc3c(I)c(OC4CCC(C(F)(F)F)CC4)ccc3c2)COC(=O)N1.O=C1CCC(=O)N1I. The van der Waals surface area contributed by atoms with Gasteiger partial charge in [0.1, 0.15) is 12.4 Å². The highest BCUT2D eigenvalue weighted by Crippen LogP contribution is 2.40. The lowest BCUT2D eigenvalue weighted by Crippen LogP contribution is -2.37. The lowest BCUT2D eigenvalue weighted by atomic mass is 9.87. The van der Waals surface area contributed by atoms with Crippen molar-refractivity contribution in [3.8, 4) is 5.75 Å². The number of alkyl carbamates (subject to hydrolysis) is 1. The number of nitrogens with zero attached hydrogens (tertiary/aromatic N) is 1. The van der Waals surface area contributed by atoms with Crippen LogP contribution in [-0.2, 0) is 19.9 Å². The minimum Gasteiger partial charge on any atom is -0.489 e. The van der Waals surface area contributed by atoms with Crippen LogP contribution < -0.4 is 10.1 Å². The second-order valence-corrected chi connectivity index (χ2v) is 11.6. The van der Waals surface area contributed by atoms with Crippen LogP contribution in [0.1, 0.15) is 51.0 Å². The average molecular weight is 744 g/mol. The lowest BCUT2D eigenvalue weighted by Gasteiger charge is -2.30. The maximum atomic E-state index is 12.9. The summed E-state index contributed by atoms with van der Waals surface area (Å²) in [6.07, 6.45) is -2.88. The number of rotatable bonds is 3. The van der Waals surface area contributed by atoms with Crippen molar-refractivity contribution in [3.05, 3.63) is 39.5 Å². The van der Waals surface area contributed by atoms with Crippen molar-refractivity contribution < 1.29 is 37.0 Å². The molecule has 2 aliphatic heterocycles. The van der Waals surface area contributed by atoms with Crippen molar-refractivity contribution in [1.82, 2.24) is 8.43 Å². The first-order chi connectivity index (χ1) is 17.4. The Morgan fingerprint density at radius 3 is 2.22 bits per heavy atom. The molecule has 2 aromatic carbocycles. The summed E-state index contributed by atoms with van der Waals surface area (Å²) in [4.78, 5) is 32.4. The van der Waals surface area contributed by atoms with Crippen molar-refractivity contribution in [3.63, 3.8) is 0 Å². The van der Waals surface area contributed by atoms with E-state index < -0.39 is 23.7 Å². The van der Waals surface area contributed by atoms with E-state index in [4.69, 9.17) is 9.47 Å². The van der Waals surface area contributed by atoms with Crippen molar-refractivity contribution in [1.29, 1.82) is 0 Å². The Kier molecular flexibility index (Phi) is 8.46. The lowest BCUT2D eigenvalue weighted by molar-refractivity contribution is -0.185. The molecule has 0 spiro atoms. The molecule has 1 aliphatic carbocycles. The highest BCUT2D eigenvalue weighted by molar-refractivity contribution is 14.1. The summed E-state index contributed by atoms with van der Waals surface area (Å²) in [7, 11) is 0. The zero-order valence-electron chi connectivity index (χ0n) is 19.9. The Bertz CT molecular complexity index is 1200. The van der Waals surface area contributed by atoms with Crippen LogP contribution in [0.3, 0.4) is 0 Å². The number of hydrogen-bond donors (Lipinski definition) is 1. The van der Waals surface area contributed by atoms with Gasteiger partial charge in [-0.15, -0.1) is 0 Å². The Balaban J connectivity index is 0.000000342. The summed E-state index contributed by atoms with van der Waals surface area (Å²) in [5.41, 5.74) is 0.383. The van der Waals surface area contributed by atoms with E-state index in [9.17, 15) is 27.6 Å². The fraction of sp³-hybridized carbons (Fsp3) is 0.480. The van der Waals surface area contributed by atoms with Gasteiger partial charge in [0.25, 0.3) is 0 Å². The summed E-state index contributed by atoms with van der Waals surface area (Å²) in [6, 6.07) is 9.77. The molecular formula is C25H25F3I2N2O5. The first-order valence-corrected chi connectivity index (χ1v) is 13.8. The van der Waals surface area contributed by atoms with E-state index in [1.54, 1.807) is 22.9 Å². The highest BCUT2D eigenvalue weighted by atomic mass is 127. The number of cyclic esters (lactones) is 1. The number of halogens is 5. The molecule has 0 aromatic heterocycles. The van der Waals surface area contributed by atoms with Crippen LogP contribution in [0.15, 0.2) is 30.3 Å². The standard InChI is InChI=1S/C21H21F3INO3.C4H4INO2/c1-20(11-28-19(27)26-20)14-5-8-16-12(10-14)2-9-17(18(16)25)29-15-6-3-13(4-7-15)21(22,23)24;5-6-3(7)1-2-4(6)8/h2,5,8-10,13,15H,3-4,6-7,11H2,1H3,(H,26,27);1-2H2. The normalized spacial score (nSPS) is 26.0. The number of carbonyl (C=O) groups excluding carboxylic acids is 3. The molecule has 2 heterocycles. The van der Waals surface area contributed by atoms with E-state index in [1.807, 2.05) is 37.3 Å². The molecule has 12 heteroatoms. The fourth-order valence-electron chi connectivity index (χ4n) is 4.61. The van der Waals surface area contributed by atoms with Gasteiger partial charge in [-0.05, 0) is 83.7 Å². The quantitative estimate of drug-likeness (QED) is 0.224. The summed E-state index contributed by atoms with van der Waals surface area (Å²) in [6.45, 7) is 2.19. The van der Waals surface area contributed by atoms with Gasteiger partial charge >= 0.3 is 12.3 Å². The van der Waals surface area contributed by atoms with Gasteiger partial charge < -0.3 is 14.8 Å². The van der Waals surface area contributed by atoms with Crippen LogP contribution in [0.4, 0.5) is 18.0 Å². The zero-order chi connectivity index (χ0) is 27.0. The smallest absolute Gasteiger partial charge is 0.408 e.